The zero-order valence-corrected chi connectivity index (χ0v) is 28.7. The Hall–Kier alpha value is -5.38. The molecule has 3 amide bonds. The van der Waals surface area contributed by atoms with E-state index in [9.17, 15) is 24.3 Å². The molecule has 1 heterocycles. The van der Waals surface area contributed by atoms with Gasteiger partial charge in [0, 0.05) is 36.8 Å². The zero-order chi connectivity index (χ0) is 35.6. The Morgan fingerprint density at radius 2 is 1.29 bits per heavy atom. The minimum atomic E-state index is -1.15. The number of benzene rings is 3. The molecule has 3 atom stereocenters. The van der Waals surface area contributed by atoms with Gasteiger partial charge in [-0.2, -0.15) is 0 Å². The van der Waals surface area contributed by atoms with E-state index in [0.29, 0.717) is 24.2 Å². The number of alkyl carbamates (subject to hydrolysis) is 1. The van der Waals surface area contributed by atoms with Gasteiger partial charge in [0.2, 0.25) is 5.91 Å². The molecule has 1 aromatic heterocycles. The summed E-state index contributed by atoms with van der Waals surface area (Å²) in [5.74, 6) is -2.07. The lowest BCUT2D eigenvalue weighted by atomic mass is 9.98. The average molecular weight is 667 g/mol. The lowest BCUT2D eigenvalue weighted by Crippen LogP contribution is -2.52. The number of amides is 3. The molecule has 0 aliphatic rings. The van der Waals surface area contributed by atoms with Crippen molar-refractivity contribution in [1.29, 1.82) is 0 Å². The van der Waals surface area contributed by atoms with Crippen LogP contribution in [-0.2, 0) is 40.1 Å². The van der Waals surface area contributed by atoms with Crippen molar-refractivity contribution >= 4 is 23.9 Å². The second-order valence-electron chi connectivity index (χ2n) is 13.2. The van der Waals surface area contributed by atoms with Crippen LogP contribution in [0.4, 0.5) is 4.79 Å². The largest absolute Gasteiger partial charge is 0.480 e. The highest BCUT2D eigenvalue weighted by Crippen LogP contribution is 2.22. The summed E-state index contributed by atoms with van der Waals surface area (Å²) in [6.45, 7) is 9.04. The number of rotatable bonds is 14. The first-order chi connectivity index (χ1) is 23.3. The molecular formula is C39H46N4O6. The minimum Gasteiger partial charge on any atom is -0.480 e. The summed E-state index contributed by atoms with van der Waals surface area (Å²) in [6.07, 6.45) is 0.200. The van der Waals surface area contributed by atoms with E-state index in [1.54, 1.807) is 26.8 Å². The monoisotopic (exact) mass is 666 g/mol. The smallest absolute Gasteiger partial charge is 0.408 e. The van der Waals surface area contributed by atoms with Gasteiger partial charge in [-0.25, -0.2) is 4.79 Å². The molecule has 0 saturated heterocycles. The van der Waals surface area contributed by atoms with E-state index in [1.807, 2.05) is 102 Å². The number of carboxylic acid groups (broad SMARTS) is 1. The van der Waals surface area contributed by atoms with Crippen LogP contribution in [0.15, 0.2) is 97.1 Å². The van der Waals surface area contributed by atoms with Crippen LogP contribution in [0.2, 0.25) is 0 Å². The fourth-order valence-corrected chi connectivity index (χ4v) is 5.58. The van der Waals surface area contributed by atoms with Gasteiger partial charge < -0.3 is 30.4 Å². The molecule has 0 saturated carbocycles. The van der Waals surface area contributed by atoms with Crippen molar-refractivity contribution in [2.24, 2.45) is 0 Å². The molecule has 10 nitrogen and oxygen atoms in total. The summed E-state index contributed by atoms with van der Waals surface area (Å²) in [6, 6.07) is 28.1. The van der Waals surface area contributed by atoms with E-state index in [1.165, 1.54) is 6.92 Å². The average Bonchev–Trinajstić information content (AvgIpc) is 3.35. The third kappa shape index (κ3) is 11.1. The first-order valence-electron chi connectivity index (χ1n) is 16.4. The fraction of sp³-hybridized carbons (Fsp3) is 0.333. The number of carbonyl (C=O) groups is 4. The lowest BCUT2D eigenvalue weighted by molar-refractivity contribution is -0.138. The molecule has 0 bridgehead atoms. The summed E-state index contributed by atoms with van der Waals surface area (Å²) in [4.78, 5) is 52.2. The molecule has 258 valence electrons. The Morgan fingerprint density at radius 1 is 0.755 bits per heavy atom. The topological polar surface area (TPSA) is 139 Å². The van der Waals surface area contributed by atoms with Crippen LogP contribution in [-0.4, -0.2) is 57.3 Å². The number of nitrogens with zero attached hydrogens (tertiary/aromatic N) is 1. The molecule has 4 N–H and O–H groups in total. The summed E-state index contributed by atoms with van der Waals surface area (Å²) < 4.78 is 7.53. The van der Waals surface area contributed by atoms with Crippen LogP contribution in [0.5, 0.6) is 0 Å². The second kappa shape index (κ2) is 16.6. The number of aliphatic carboxylic acids is 1. The normalized spacial score (nSPS) is 13.1. The molecular weight excluding hydrogens is 620 g/mol. The number of carbonyl (C=O) groups excluding carboxylic acids is 3. The van der Waals surface area contributed by atoms with Crippen LogP contribution < -0.4 is 16.0 Å². The van der Waals surface area contributed by atoms with E-state index >= 15 is 0 Å². The van der Waals surface area contributed by atoms with Gasteiger partial charge in [-0.3, -0.25) is 14.4 Å². The highest BCUT2D eigenvalue weighted by Gasteiger charge is 2.29. The van der Waals surface area contributed by atoms with Crippen molar-refractivity contribution in [1.82, 2.24) is 20.5 Å². The van der Waals surface area contributed by atoms with Gasteiger partial charge >= 0.3 is 12.1 Å². The number of hydrogen-bond donors (Lipinski definition) is 4. The van der Waals surface area contributed by atoms with E-state index < -0.39 is 47.6 Å². The van der Waals surface area contributed by atoms with E-state index in [-0.39, 0.29) is 12.8 Å². The van der Waals surface area contributed by atoms with Crippen molar-refractivity contribution in [3.63, 3.8) is 0 Å². The maximum atomic E-state index is 14.1. The molecule has 0 fully saturated rings. The number of nitrogens with one attached hydrogen (secondary N) is 3. The third-order valence-electron chi connectivity index (χ3n) is 7.96. The van der Waals surface area contributed by atoms with Crippen molar-refractivity contribution in [3.8, 4) is 0 Å². The highest BCUT2D eigenvalue weighted by molar-refractivity contribution is 5.98. The van der Waals surface area contributed by atoms with Crippen LogP contribution in [0.1, 0.15) is 66.1 Å². The van der Waals surface area contributed by atoms with Gasteiger partial charge in [-0.1, -0.05) is 91.0 Å². The molecule has 0 aliphatic heterocycles. The first-order valence-corrected chi connectivity index (χ1v) is 16.4. The van der Waals surface area contributed by atoms with Gasteiger partial charge in [0.05, 0.1) is 5.56 Å². The van der Waals surface area contributed by atoms with E-state index in [0.717, 1.165) is 22.4 Å². The lowest BCUT2D eigenvalue weighted by Gasteiger charge is -2.26. The Labute approximate surface area is 287 Å². The SMILES string of the molecule is Cc1cc(C(=O)N[C@@H](C)C(=O)O)c(C[C@H](Cc2ccccc2)NC(=O)[C@H](Cc2ccccc2)NC(=O)OC(C)(C)C)n1Cc1ccccc1. The van der Waals surface area contributed by atoms with Crippen LogP contribution in [0.3, 0.4) is 0 Å². The first kappa shape index (κ1) is 36.5. The molecule has 49 heavy (non-hydrogen) atoms. The number of hydrogen-bond acceptors (Lipinski definition) is 5. The number of ether oxygens (including phenoxy) is 1. The standard InChI is InChI=1S/C39H46N4O6/c1-26-21-32(35(44)40-27(2)37(46)47)34(43(26)25-30-19-13-8-14-20-30)24-31(22-28-15-9-6-10-16-28)41-36(45)33(23-29-17-11-7-12-18-29)42-38(48)49-39(3,4)5/h6-21,27,31,33H,22-25H2,1-5H3,(H,40,44)(H,41,45)(H,42,48)(H,46,47)/t27-,31-,33-/m0/s1. The molecule has 0 spiro atoms. The maximum Gasteiger partial charge on any atom is 0.408 e. The summed E-state index contributed by atoms with van der Waals surface area (Å²) >= 11 is 0. The van der Waals surface area contributed by atoms with Gasteiger partial charge in [0.1, 0.15) is 17.7 Å². The summed E-state index contributed by atoms with van der Waals surface area (Å²) in [5.41, 5.74) is 3.88. The van der Waals surface area contributed by atoms with Crippen molar-refractivity contribution in [3.05, 3.63) is 131 Å². The molecule has 10 heteroatoms. The Bertz CT molecular complexity index is 1710. The molecule has 0 radical (unpaired) electrons. The summed E-state index contributed by atoms with van der Waals surface area (Å²) in [7, 11) is 0. The van der Waals surface area contributed by atoms with Crippen molar-refractivity contribution in [2.45, 2.75) is 84.2 Å². The minimum absolute atomic E-state index is 0.230. The zero-order valence-electron chi connectivity index (χ0n) is 28.7. The predicted molar refractivity (Wildman–Crippen MR) is 188 cm³/mol. The summed E-state index contributed by atoms with van der Waals surface area (Å²) in [5, 5.41) is 18.0. The van der Waals surface area contributed by atoms with Crippen molar-refractivity contribution in [2.75, 3.05) is 0 Å². The number of carboxylic acids is 1. The highest BCUT2D eigenvalue weighted by atomic mass is 16.6. The molecule has 4 rings (SSSR count). The third-order valence-corrected chi connectivity index (χ3v) is 7.96. The molecule has 4 aromatic rings. The van der Waals surface area contributed by atoms with E-state index in [4.69, 9.17) is 4.74 Å². The number of aromatic nitrogens is 1. The second-order valence-corrected chi connectivity index (χ2v) is 13.2. The van der Waals surface area contributed by atoms with Gasteiger partial charge in [0.25, 0.3) is 5.91 Å². The van der Waals surface area contributed by atoms with Gasteiger partial charge in [-0.05, 0) is 63.8 Å². The van der Waals surface area contributed by atoms with Gasteiger partial charge in [0.15, 0.2) is 0 Å². The van der Waals surface area contributed by atoms with E-state index in [2.05, 4.69) is 16.0 Å². The Morgan fingerprint density at radius 3 is 1.82 bits per heavy atom. The quantitative estimate of drug-likeness (QED) is 0.141. The molecule has 0 unspecified atom stereocenters. The Balaban J connectivity index is 1.72. The van der Waals surface area contributed by atoms with Crippen molar-refractivity contribution < 1.29 is 29.0 Å². The van der Waals surface area contributed by atoms with Crippen LogP contribution >= 0.6 is 0 Å². The van der Waals surface area contributed by atoms with Crippen LogP contribution in [0.25, 0.3) is 0 Å². The van der Waals surface area contributed by atoms with Gasteiger partial charge in [-0.15, -0.1) is 0 Å². The maximum absolute atomic E-state index is 14.1. The molecule has 3 aromatic carbocycles. The predicted octanol–water partition coefficient (Wildman–Crippen LogP) is 5.45. The fourth-order valence-electron chi connectivity index (χ4n) is 5.58. The molecule has 0 aliphatic carbocycles. The Kier molecular flexibility index (Phi) is 12.4. The van der Waals surface area contributed by atoms with Crippen LogP contribution in [0, 0.1) is 6.92 Å². The number of aryl methyl sites for hydroxylation is 1.